The van der Waals surface area contributed by atoms with E-state index in [1.807, 2.05) is 13.8 Å². The molecule has 4 rings (SSSR count). The highest BCUT2D eigenvalue weighted by Gasteiger charge is 2.05. The maximum absolute atomic E-state index is 11.3. The Morgan fingerprint density at radius 3 is 2.57 bits per heavy atom. The predicted molar refractivity (Wildman–Crippen MR) is 93.5 cm³/mol. The van der Waals surface area contributed by atoms with Crippen molar-refractivity contribution in [2.75, 3.05) is 0 Å². The Labute approximate surface area is 140 Å². The summed E-state index contributed by atoms with van der Waals surface area (Å²) in [6.45, 7) is 7.60. The molecule has 0 spiro atoms. The molecule has 0 amide bonds. The largest absolute Gasteiger partial charge is 0.296 e. The average molecular weight is 345 g/mol. The van der Waals surface area contributed by atoms with E-state index in [4.69, 9.17) is 0 Å². The molecule has 0 radical (unpaired) electrons. The van der Waals surface area contributed by atoms with Crippen molar-refractivity contribution >= 4 is 37.9 Å². The highest BCUT2D eigenvalue weighted by Crippen LogP contribution is 2.21. The molecule has 118 valence electrons. The molecule has 0 atom stereocenters. The van der Waals surface area contributed by atoms with Crippen molar-refractivity contribution in [3.8, 4) is 0 Å². The van der Waals surface area contributed by atoms with E-state index >= 15 is 0 Å². The molecule has 0 aliphatic carbocycles. The molecule has 3 heterocycles. The van der Waals surface area contributed by atoms with Crippen LogP contribution in [0.4, 0.5) is 0 Å². The number of aromatic nitrogens is 5. The van der Waals surface area contributed by atoms with E-state index < -0.39 is 0 Å². The number of rotatable bonds is 0. The van der Waals surface area contributed by atoms with Crippen molar-refractivity contribution in [1.29, 1.82) is 0 Å². The summed E-state index contributed by atoms with van der Waals surface area (Å²) < 4.78 is 2.57. The molecule has 3 aromatic heterocycles. The SMILES string of the molecule is Cc1ccc2nc(C)sc2c1.Cc1nn2c(=O)c(C)nnc2s1. The first-order valence-corrected chi connectivity index (χ1v) is 8.61. The van der Waals surface area contributed by atoms with Gasteiger partial charge in [0.2, 0.25) is 4.96 Å². The van der Waals surface area contributed by atoms with E-state index in [9.17, 15) is 4.79 Å². The average Bonchev–Trinajstić information content (AvgIpc) is 3.05. The van der Waals surface area contributed by atoms with Crippen LogP contribution in [0.25, 0.3) is 15.2 Å². The molecule has 1 aromatic carbocycles. The predicted octanol–water partition coefficient (Wildman–Crippen LogP) is 3.08. The highest BCUT2D eigenvalue weighted by molar-refractivity contribution is 7.18. The van der Waals surface area contributed by atoms with Crippen LogP contribution < -0.4 is 5.56 Å². The third-order valence-corrected chi connectivity index (χ3v) is 4.85. The summed E-state index contributed by atoms with van der Waals surface area (Å²) in [5.41, 5.74) is 2.61. The highest BCUT2D eigenvalue weighted by atomic mass is 32.1. The Morgan fingerprint density at radius 2 is 1.78 bits per heavy atom. The second-order valence-corrected chi connectivity index (χ2v) is 7.50. The summed E-state index contributed by atoms with van der Waals surface area (Å²) >= 11 is 3.11. The van der Waals surface area contributed by atoms with Gasteiger partial charge in [-0.15, -0.1) is 21.5 Å². The third-order valence-electron chi connectivity index (χ3n) is 3.10. The Balaban J connectivity index is 0.000000136. The number of hydrogen-bond acceptors (Lipinski definition) is 7. The fourth-order valence-electron chi connectivity index (χ4n) is 2.04. The van der Waals surface area contributed by atoms with Gasteiger partial charge < -0.3 is 0 Å². The number of aryl methyl sites for hydroxylation is 4. The molecule has 6 nitrogen and oxygen atoms in total. The van der Waals surface area contributed by atoms with Crippen LogP contribution in [-0.4, -0.2) is 24.8 Å². The monoisotopic (exact) mass is 345 g/mol. The van der Waals surface area contributed by atoms with E-state index in [2.05, 4.69) is 45.4 Å². The Bertz CT molecular complexity index is 1050. The minimum atomic E-state index is -0.190. The summed E-state index contributed by atoms with van der Waals surface area (Å²) in [6, 6.07) is 6.36. The van der Waals surface area contributed by atoms with Crippen LogP contribution in [0.2, 0.25) is 0 Å². The van der Waals surface area contributed by atoms with Gasteiger partial charge in [0.25, 0.3) is 5.56 Å². The lowest BCUT2D eigenvalue weighted by molar-refractivity contribution is 0.817. The zero-order valence-corrected chi connectivity index (χ0v) is 14.8. The molecule has 0 N–H and O–H groups in total. The minimum Gasteiger partial charge on any atom is -0.265 e. The van der Waals surface area contributed by atoms with Crippen molar-refractivity contribution in [2.45, 2.75) is 27.7 Å². The van der Waals surface area contributed by atoms with Crippen LogP contribution in [0.5, 0.6) is 0 Å². The number of benzene rings is 1. The minimum absolute atomic E-state index is 0.190. The van der Waals surface area contributed by atoms with Crippen LogP contribution >= 0.6 is 22.7 Å². The lowest BCUT2D eigenvalue weighted by atomic mass is 10.2. The fourth-order valence-corrected chi connectivity index (χ4v) is 3.64. The van der Waals surface area contributed by atoms with Gasteiger partial charge in [-0.2, -0.15) is 9.61 Å². The van der Waals surface area contributed by atoms with Gasteiger partial charge in [0, 0.05) is 0 Å². The van der Waals surface area contributed by atoms with Gasteiger partial charge in [-0.05, 0) is 45.4 Å². The van der Waals surface area contributed by atoms with Crippen molar-refractivity contribution in [3.63, 3.8) is 0 Å². The standard InChI is InChI=1S/C9H9NS.C6H6N4OS/c1-6-3-4-8-9(5-6)11-7(2)10-8;1-3-5(11)10-6(8-7-3)12-4(2)9-10/h3-5H,1-2H3;1-2H3. The van der Waals surface area contributed by atoms with Crippen molar-refractivity contribution < 1.29 is 0 Å². The molecular weight excluding hydrogens is 330 g/mol. The van der Waals surface area contributed by atoms with Crippen LogP contribution in [0, 0.1) is 27.7 Å². The molecule has 0 aliphatic heterocycles. The first-order valence-electron chi connectivity index (χ1n) is 6.97. The van der Waals surface area contributed by atoms with Gasteiger partial charge >= 0.3 is 0 Å². The van der Waals surface area contributed by atoms with Gasteiger partial charge in [0.05, 0.1) is 15.2 Å². The second-order valence-electron chi connectivity index (χ2n) is 5.11. The van der Waals surface area contributed by atoms with Gasteiger partial charge in [-0.1, -0.05) is 17.4 Å². The molecule has 0 aliphatic rings. The van der Waals surface area contributed by atoms with Crippen molar-refractivity contribution in [1.82, 2.24) is 24.8 Å². The van der Waals surface area contributed by atoms with Crippen molar-refractivity contribution in [3.05, 3.63) is 49.8 Å². The molecule has 4 aromatic rings. The van der Waals surface area contributed by atoms with E-state index in [0.717, 1.165) is 15.5 Å². The number of hydrogen-bond donors (Lipinski definition) is 0. The van der Waals surface area contributed by atoms with Crippen molar-refractivity contribution in [2.24, 2.45) is 0 Å². The van der Waals surface area contributed by atoms with E-state index in [1.54, 1.807) is 18.3 Å². The number of fused-ring (bicyclic) bond motifs is 2. The Kier molecular flexibility index (Phi) is 4.18. The lowest BCUT2D eigenvalue weighted by Crippen LogP contribution is -2.19. The molecule has 0 saturated heterocycles. The van der Waals surface area contributed by atoms with Gasteiger partial charge in [0.15, 0.2) is 0 Å². The molecular formula is C15H15N5OS2. The topological polar surface area (TPSA) is 73.0 Å². The summed E-state index contributed by atoms with van der Waals surface area (Å²) in [4.78, 5) is 16.3. The Morgan fingerprint density at radius 1 is 1.00 bits per heavy atom. The molecule has 0 fully saturated rings. The summed E-state index contributed by atoms with van der Waals surface area (Å²) in [5.74, 6) is 0. The maximum atomic E-state index is 11.3. The third kappa shape index (κ3) is 3.27. The lowest BCUT2D eigenvalue weighted by Gasteiger charge is -1.88. The Hall–Kier alpha value is -2.19. The molecule has 0 saturated carbocycles. The first kappa shape index (κ1) is 15.7. The first-order chi connectivity index (χ1) is 10.9. The zero-order valence-electron chi connectivity index (χ0n) is 13.2. The van der Waals surface area contributed by atoms with E-state index in [-0.39, 0.29) is 5.56 Å². The zero-order chi connectivity index (χ0) is 16.6. The quantitative estimate of drug-likeness (QED) is 0.490. The van der Waals surface area contributed by atoms with Crippen LogP contribution in [0.1, 0.15) is 21.3 Å². The summed E-state index contributed by atoms with van der Waals surface area (Å²) in [7, 11) is 0. The molecule has 0 unspecified atom stereocenters. The van der Waals surface area contributed by atoms with Crippen LogP contribution in [-0.2, 0) is 0 Å². The maximum Gasteiger partial charge on any atom is 0.296 e. The summed E-state index contributed by atoms with van der Waals surface area (Å²) in [5, 5.41) is 13.5. The van der Waals surface area contributed by atoms with Crippen LogP contribution in [0.3, 0.4) is 0 Å². The van der Waals surface area contributed by atoms with Gasteiger partial charge in [-0.25, -0.2) is 4.98 Å². The molecule has 8 heteroatoms. The van der Waals surface area contributed by atoms with E-state index in [1.165, 1.54) is 26.1 Å². The fraction of sp³-hybridized carbons (Fsp3) is 0.267. The summed E-state index contributed by atoms with van der Waals surface area (Å²) in [6.07, 6.45) is 0. The number of thiazole rings is 1. The van der Waals surface area contributed by atoms with E-state index in [0.29, 0.717) is 10.7 Å². The van der Waals surface area contributed by atoms with Gasteiger partial charge in [-0.3, -0.25) is 4.79 Å². The number of nitrogens with zero attached hydrogens (tertiary/aromatic N) is 5. The van der Waals surface area contributed by atoms with Gasteiger partial charge in [0.1, 0.15) is 10.7 Å². The smallest absolute Gasteiger partial charge is 0.265 e. The molecule has 0 bridgehead atoms. The second kappa shape index (κ2) is 6.13. The van der Waals surface area contributed by atoms with Crippen LogP contribution in [0.15, 0.2) is 23.0 Å². The molecule has 23 heavy (non-hydrogen) atoms. The normalized spacial score (nSPS) is 10.8.